The van der Waals surface area contributed by atoms with Crippen LogP contribution in [0.25, 0.3) is 0 Å². The van der Waals surface area contributed by atoms with E-state index in [0.717, 1.165) is 24.8 Å². The molecule has 0 N–H and O–H groups in total. The first-order chi connectivity index (χ1) is 7.59. The Morgan fingerprint density at radius 3 is 2.75 bits per heavy atom. The third-order valence-electron chi connectivity index (χ3n) is 2.94. The molecule has 0 bridgehead atoms. The molecule has 1 saturated carbocycles. The van der Waals surface area contributed by atoms with Gasteiger partial charge in [-0.2, -0.15) is 0 Å². The molecule has 2 unspecified atom stereocenters. The molecule has 1 aliphatic rings. The van der Waals surface area contributed by atoms with Crippen LogP contribution >= 0.6 is 39.1 Å². The number of alkyl halides is 1. The maximum absolute atomic E-state index is 12.0. The molecule has 0 heterocycles. The third kappa shape index (κ3) is 2.44. The molecule has 0 aliphatic heterocycles. The van der Waals surface area contributed by atoms with Gasteiger partial charge in [-0.1, -0.05) is 45.6 Å². The summed E-state index contributed by atoms with van der Waals surface area (Å²) in [5.74, 6) is 0.111. The van der Waals surface area contributed by atoms with Crippen LogP contribution in [0, 0.1) is 0 Å². The van der Waals surface area contributed by atoms with Gasteiger partial charge in [-0.05, 0) is 36.6 Å². The number of carbonyl (C=O) groups excluding carboxylic acids is 1. The van der Waals surface area contributed by atoms with Gasteiger partial charge in [0.25, 0.3) is 0 Å². The molecule has 0 radical (unpaired) electrons. The lowest BCUT2D eigenvalue weighted by molar-refractivity contribution is -0.121. The van der Waals surface area contributed by atoms with Gasteiger partial charge in [-0.15, -0.1) is 0 Å². The molecule has 16 heavy (non-hydrogen) atoms. The summed E-state index contributed by atoms with van der Waals surface area (Å²) in [6, 6.07) is 5.30. The van der Waals surface area contributed by atoms with Gasteiger partial charge in [0.15, 0.2) is 5.78 Å². The van der Waals surface area contributed by atoms with E-state index in [4.69, 9.17) is 23.2 Å². The number of rotatable bonds is 1. The van der Waals surface area contributed by atoms with Crippen LogP contribution < -0.4 is 0 Å². The summed E-state index contributed by atoms with van der Waals surface area (Å²) >= 11 is 15.5. The van der Waals surface area contributed by atoms with E-state index in [9.17, 15) is 4.79 Å². The third-order valence-corrected chi connectivity index (χ3v) is 4.42. The summed E-state index contributed by atoms with van der Waals surface area (Å²) in [5.41, 5.74) is 0.864. The van der Waals surface area contributed by atoms with Crippen molar-refractivity contribution in [2.45, 2.75) is 30.0 Å². The van der Waals surface area contributed by atoms with Crippen molar-refractivity contribution in [3.63, 3.8) is 0 Å². The van der Waals surface area contributed by atoms with Crippen molar-refractivity contribution < 1.29 is 4.79 Å². The zero-order valence-electron chi connectivity index (χ0n) is 8.55. The molecule has 0 saturated heterocycles. The molecule has 1 aliphatic carbocycles. The number of hydrogen-bond acceptors (Lipinski definition) is 1. The highest BCUT2D eigenvalue weighted by atomic mass is 79.9. The van der Waals surface area contributed by atoms with Crippen LogP contribution in [-0.2, 0) is 4.79 Å². The highest BCUT2D eigenvalue weighted by molar-refractivity contribution is 9.10. The first-order valence-electron chi connectivity index (χ1n) is 5.22. The van der Waals surface area contributed by atoms with Gasteiger partial charge in [-0.3, -0.25) is 4.79 Å². The van der Waals surface area contributed by atoms with E-state index >= 15 is 0 Å². The Hall–Kier alpha value is -0.0500. The topological polar surface area (TPSA) is 17.1 Å². The molecule has 4 heteroatoms. The van der Waals surface area contributed by atoms with Crippen molar-refractivity contribution in [2.75, 3.05) is 0 Å². The lowest BCUT2D eigenvalue weighted by Crippen LogP contribution is -2.27. The van der Waals surface area contributed by atoms with E-state index in [0.29, 0.717) is 10.0 Å². The second-order valence-electron chi connectivity index (χ2n) is 4.02. The molecular weight excluding hydrogens is 311 g/mol. The average molecular weight is 322 g/mol. The van der Waals surface area contributed by atoms with Crippen molar-refractivity contribution in [3.8, 4) is 0 Å². The summed E-state index contributed by atoms with van der Waals surface area (Å²) < 4.78 is 0. The van der Waals surface area contributed by atoms with Crippen LogP contribution in [0.3, 0.4) is 0 Å². The van der Waals surface area contributed by atoms with Crippen LogP contribution in [-0.4, -0.2) is 10.6 Å². The summed E-state index contributed by atoms with van der Waals surface area (Å²) in [5, 5.41) is 1.26. The van der Waals surface area contributed by atoms with E-state index in [2.05, 4.69) is 15.9 Å². The minimum atomic E-state index is -0.107. The van der Waals surface area contributed by atoms with Crippen LogP contribution in [0.5, 0.6) is 0 Å². The zero-order chi connectivity index (χ0) is 11.7. The molecule has 86 valence electrons. The van der Waals surface area contributed by atoms with Gasteiger partial charge in [0.05, 0.1) is 4.83 Å². The first-order valence-corrected chi connectivity index (χ1v) is 6.89. The maximum Gasteiger partial charge on any atom is 0.153 e. The Morgan fingerprint density at radius 1 is 1.25 bits per heavy atom. The van der Waals surface area contributed by atoms with Gasteiger partial charge in [0.1, 0.15) is 0 Å². The number of Topliss-reactive ketones (excluding diaryl/α,β-unsaturated/α-hetero) is 1. The monoisotopic (exact) mass is 320 g/mol. The second kappa shape index (κ2) is 5.07. The van der Waals surface area contributed by atoms with Crippen LogP contribution in [0.1, 0.15) is 30.7 Å². The van der Waals surface area contributed by atoms with Crippen LogP contribution in [0.15, 0.2) is 18.2 Å². The molecule has 1 aromatic rings. The van der Waals surface area contributed by atoms with Gasteiger partial charge in [0.2, 0.25) is 0 Å². The van der Waals surface area contributed by atoms with Crippen molar-refractivity contribution in [1.29, 1.82) is 0 Å². The molecule has 1 aromatic carbocycles. The largest absolute Gasteiger partial charge is 0.298 e. The standard InChI is InChI=1S/C12H11BrCl2O/c13-10-3-1-2-8(12(10)16)9-6-7(14)4-5-11(9)15/h4-6,8,10H,1-3H2. The lowest BCUT2D eigenvalue weighted by Gasteiger charge is -2.25. The fraction of sp³-hybridized carbons (Fsp3) is 0.417. The molecule has 0 amide bonds. The van der Waals surface area contributed by atoms with Gasteiger partial charge in [-0.25, -0.2) is 0 Å². The Balaban J connectivity index is 2.35. The summed E-state index contributed by atoms with van der Waals surface area (Å²) in [4.78, 5) is 12.0. The highest BCUT2D eigenvalue weighted by Crippen LogP contribution is 2.37. The lowest BCUT2D eigenvalue weighted by atomic mass is 9.83. The predicted molar refractivity (Wildman–Crippen MR) is 70.8 cm³/mol. The SMILES string of the molecule is O=C1C(Br)CCCC1c1cc(Cl)ccc1Cl. The Bertz CT molecular complexity index is 419. The number of benzene rings is 1. The first kappa shape index (κ1) is 12.4. The van der Waals surface area contributed by atoms with E-state index in [1.165, 1.54) is 0 Å². The molecule has 2 rings (SSSR count). The Labute approximate surface area is 113 Å². The highest BCUT2D eigenvalue weighted by Gasteiger charge is 2.31. The van der Waals surface area contributed by atoms with Gasteiger partial charge >= 0.3 is 0 Å². The fourth-order valence-electron chi connectivity index (χ4n) is 2.09. The summed E-state index contributed by atoms with van der Waals surface area (Å²) in [6.45, 7) is 0. The quantitative estimate of drug-likeness (QED) is 0.691. The van der Waals surface area contributed by atoms with Crippen molar-refractivity contribution >= 4 is 44.9 Å². The normalized spacial score (nSPS) is 25.8. The zero-order valence-corrected chi connectivity index (χ0v) is 11.6. The Kier molecular flexibility index (Phi) is 3.93. The minimum absolute atomic E-state index is 0.0405. The molecule has 1 fully saturated rings. The fourth-order valence-corrected chi connectivity index (χ4v) is 3.17. The van der Waals surface area contributed by atoms with Crippen molar-refractivity contribution in [3.05, 3.63) is 33.8 Å². The maximum atomic E-state index is 12.0. The molecule has 2 atom stereocenters. The second-order valence-corrected chi connectivity index (χ2v) is 5.97. The van der Waals surface area contributed by atoms with Crippen molar-refractivity contribution in [1.82, 2.24) is 0 Å². The number of hydrogen-bond donors (Lipinski definition) is 0. The number of carbonyl (C=O) groups is 1. The van der Waals surface area contributed by atoms with Gasteiger partial charge in [0, 0.05) is 16.0 Å². The molecule has 0 spiro atoms. The number of halogens is 3. The molecule has 0 aromatic heterocycles. The molecular formula is C12H11BrCl2O. The van der Waals surface area contributed by atoms with E-state index in [-0.39, 0.29) is 16.5 Å². The van der Waals surface area contributed by atoms with Crippen LogP contribution in [0.4, 0.5) is 0 Å². The summed E-state index contributed by atoms with van der Waals surface area (Å²) in [6.07, 6.45) is 2.81. The minimum Gasteiger partial charge on any atom is -0.298 e. The average Bonchev–Trinajstić information content (AvgIpc) is 2.26. The van der Waals surface area contributed by atoms with E-state index in [1.54, 1.807) is 18.2 Å². The van der Waals surface area contributed by atoms with Crippen LogP contribution in [0.2, 0.25) is 10.0 Å². The van der Waals surface area contributed by atoms with E-state index < -0.39 is 0 Å². The van der Waals surface area contributed by atoms with Gasteiger partial charge < -0.3 is 0 Å². The Morgan fingerprint density at radius 2 is 2.00 bits per heavy atom. The van der Waals surface area contributed by atoms with E-state index in [1.807, 2.05) is 0 Å². The predicted octanol–water partition coefficient (Wildman–Crippen LogP) is 4.59. The number of ketones is 1. The summed E-state index contributed by atoms with van der Waals surface area (Å²) in [7, 11) is 0. The molecule has 1 nitrogen and oxygen atoms in total. The van der Waals surface area contributed by atoms with Crippen molar-refractivity contribution in [2.24, 2.45) is 0 Å². The smallest absolute Gasteiger partial charge is 0.153 e.